The molecule has 2 N–H and O–H groups in total. The van der Waals surface area contributed by atoms with Crippen LogP contribution in [0.4, 0.5) is 0 Å². The summed E-state index contributed by atoms with van der Waals surface area (Å²) in [6.07, 6.45) is -2.27. The zero-order valence-corrected chi connectivity index (χ0v) is 11.4. The minimum absolute atomic E-state index is 0.000101. The number of sulfone groups is 1. The summed E-state index contributed by atoms with van der Waals surface area (Å²) in [5.41, 5.74) is 0.128. The molecule has 0 aliphatic heterocycles. The van der Waals surface area contributed by atoms with Gasteiger partial charge in [0.1, 0.15) is 6.10 Å². The van der Waals surface area contributed by atoms with Gasteiger partial charge in [0.25, 0.3) is 0 Å². The number of hydrogen-bond donors (Lipinski definition) is 2. The number of benzene rings is 1. The first-order valence-electron chi connectivity index (χ1n) is 5.60. The van der Waals surface area contributed by atoms with E-state index < -0.39 is 28.0 Å². The molecule has 0 saturated carbocycles. The number of esters is 1. The molecule has 1 aromatic carbocycles. The van der Waals surface area contributed by atoms with Gasteiger partial charge in [0, 0.05) is 6.26 Å². The van der Waals surface area contributed by atoms with Crippen molar-refractivity contribution in [2.75, 3.05) is 12.9 Å². The molecule has 0 heterocycles. The van der Waals surface area contributed by atoms with E-state index in [0.717, 1.165) is 6.26 Å². The van der Waals surface area contributed by atoms with Crippen molar-refractivity contribution < 1.29 is 28.2 Å². The summed E-state index contributed by atoms with van der Waals surface area (Å²) in [5, 5.41) is 19.4. The molecule has 106 valence electrons. The Hall–Kier alpha value is -1.44. The Morgan fingerprint density at radius 3 is 2.53 bits per heavy atom. The van der Waals surface area contributed by atoms with Crippen LogP contribution >= 0.6 is 0 Å². The quantitative estimate of drug-likeness (QED) is 0.742. The Labute approximate surface area is 111 Å². The Morgan fingerprint density at radius 1 is 1.37 bits per heavy atom. The van der Waals surface area contributed by atoms with E-state index in [1.807, 2.05) is 0 Å². The molecule has 7 heteroatoms. The van der Waals surface area contributed by atoms with Gasteiger partial charge in [0.05, 0.1) is 11.5 Å². The molecule has 6 nitrogen and oxygen atoms in total. The second-order valence-electron chi connectivity index (χ2n) is 3.99. The number of aliphatic hydroxyl groups excluding tert-OH is 2. The van der Waals surface area contributed by atoms with E-state index in [-0.39, 0.29) is 17.1 Å². The first-order chi connectivity index (χ1) is 8.77. The second kappa shape index (κ2) is 6.14. The lowest BCUT2D eigenvalue weighted by molar-refractivity contribution is -0.159. The first-order valence-corrected chi connectivity index (χ1v) is 7.49. The molecule has 0 fully saturated rings. The molecule has 1 aromatic rings. The highest BCUT2D eigenvalue weighted by molar-refractivity contribution is 7.90. The fourth-order valence-electron chi connectivity index (χ4n) is 1.47. The van der Waals surface area contributed by atoms with Crippen molar-refractivity contribution in [3.63, 3.8) is 0 Å². The summed E-state index contributed by atoms with van der Waals surface area (Å²) in [7, 11) is -3.42. The fourth-order valence-corrected chi connectivity index (χ4v) is 2.14. The molecule has 19 heavy (non-hydrogen) atoms. The third-order valence-electron chi connectivity index (χ3n) is 2.45. The van der Waals surface area contributed by atoms with Crippen LogP contribution in [0, 0.1) is 0 Å². The van der Waals surface area contributed by atoms with Gasteiger partial charge < -0.3 is 14.9 Å². The lowest BCUT2D eigenvalue weighted by atomic mass is 10.0. The second-order valence-corrected chi connectivity index (χ2v) is 6.00. The molecule has 2 unspecified atom stereocenters. The SMILES string of the molecule is CCOC(=O)C(O)C(O)c1cccc(S(C)(=O)=O)c1. The minimum Gasteiger partial charge on any atom is -0.464 e. The molecular formula is C12H16O6S. The third-order valence-corrected chi connectivity index (χ3v) is 3.57. The summed E-state index contributed by atoms with van der Waals surface area (Å²) in [5.74, 6) is -0.959. The predicted octanol–water partition coefficient (Wildman–Crippen LogP) is 0.0475. The zero-order valence-electron chi connectivity index (χ0n) is 10.6. The average molecular weight is 288 g/mol. The monoisotopic (exact) mass is 288 g/mol. The van der Waals surface area contributed by atoms with Gasteiger partial charge in [-0.2, -0.15) is 0 Å². The van der Waals surface area contributed by atoms with E-state index in [2.05, 4.69) is 4.74 Å². The van der Waals surface area contributed by atoms with Crippen LogP contribution in [0.1, 0.15) is 18.6 Å². The van der Waals surface area contributed by atoms with Gasteiger partial charge in [-0.15, -0.1) is 0 Å². The average Bonchev–Trinajstić information content (AvgIpc) is 2.36. The highest BCUT2D eigenvalue weighted by Crippen LogP contribution is 2.21. The lowest BCUT2D eigenvalue weighted by Gasteiger charge is -2.17. The summed E-state index contributed by atoms with van der Waals surface area (Å²) in [6, 6.07) is 5.42. The van der Waals surface area contributed by atoms with E-state index in [9.17, 15) is 23.4 Å². The van der Waals surface area contributed by atoms with Gasteiger partial charge in [-0.05, 0) is 24.6 Å². The number of carbonyl (C=O) groups excluding carboxylic acids is 1. The number of aliphatic hydroxyl groups is 2. The standard InChI is InChI=1S/C12H16O6S/c1-3-18-12(15)11(14)10(13)8-5-4-6-9(7-8)19(2,16)17/h4-7,10-11,13-14H,3H2,1-2H3. The highest BCUT2D eigenvalue weighted by Gasteiger charge is 2.27. The van der Waals surface area contributed by atoms with Crippen molar-refractivity contribution in [2.24, 2.45) is 0 Å². The van der Waals surface area contributed by atoms with E-state index >= 15 is 0 Å². The van der Waals surface area contributed by atoms with Gasteiger partial charge in [-0.3, -0.25) is 0 Å². The molecule has 0 radical (unpaired) electrons. The summed E-state index contributed by atoms with van der Waals surface area (Å²) >= 11 is 0. The van der Waals surface area contributed by atoms with Crippen molar-refractivity contribution >= 4 is 15.8 Å². The fraction of sp³-hybridized carbons (Fsp3) is 0.417. The largest absolute Gasteiger partial charge is 0.464 e. The van der Waals surface area contributed by atoms with Crippen molar-refractivity contribution in [3.05, 3.63) is 29.8 Å². The first kappa shape index (κ1) is 15.6. The zero-order chi connectivity index (χ0) is 14.6. The summed E-state index contributed by atoms with van der Waals surface area (Å²) in [4.78, 5) is 11.3. The molecule has 2 atom stereocenters. The van der Waals surface area contributed by atoms with E-state index in [4.69, 9.17) is 0 Å². The van der Waals surface area contributed by atoms with Gasteiger partial charge >= 0.3 is 5.97 Å². The highest BCUT2D eigenvalue weighted by atomic mass is 32.2. The molecule has 0 amide bonds. The predicted molar refractivity (Wildman–Crippen MR) is 67.2 cm³/mol. The van der Waals surface area contributed by atoms with Crippen LogP contribution in [-0.4, -0.2) is 43.6 Å². The van der Waals surface area contributed by atoms with Gasteiger partial charge in [0.15, 0.2) is 15.9 Å². The van der Waals surface area contributed by atoms with Crippen molar-refractivity contribution in [2.45, 2.75) is 24.0 Å². The van der Waals surface area contributed by atoms with Crippen LogP contribution in [0.25, 0.3) is 0 Å². The normalized spacial score (nSPS) is 14.7. The van der Waals surface area contributed by atoms with Crippen molar-refractivity contribution in [1.82, 2.24) is 0 Å². The lowest BCUT2D eigenvalue weighted by Crippen LogP contribution is -2.30. The maximum absolute atomic E-state index is 11.4. The number of rotatable bonds is 5. The number of carbonyl (C=O) groups is 1. The molecule has 0 aliphatic carbocycles. The van der Waals surface area contributed by atoms with Gasteiger partial charge in [0.2, 0.25) is 0 Å². The van der Waals surface area contributed by atoms with E-state index in [1.54, 1.807) is 6.92 Å². The van der Waals surface area contributed by atoms with E-state index in [1.165, 1.54) is 24.3 Å². The van der Waals surface area contributed by atoms with Crippen molar-refractivity contribution in [1.29, 1.82) is 0 Å². The molecule has 0 bridgehead atoms. The van der Waals surface area contributed by atoms with Gasteiger partial charge in [-0.1, -0.05) is 12.1 Å². The van der Waals surface area contributed by atoms with Gasteiger partial charge in [-0.25, -0.2) is 13.2 Å². The summed E-state index contributed by atoms with van der Waals surface area (Å²) < 4.78 is 27.3. The maximum Gasteiger partial charge on any atom is 0.338 e. The Balaban J connectivity index is 3.00. The molecule has 1 rings (SSSR count). The molecular weight excluding hydrogens is 272 g/mol. The molecule has 0 spiro atoms. The Kier molecular flexibility index (Phi) is 5.04. The van der Waals surface area contributed by atoms with Crippen LogP contribution in [0.5, 0.6) is 0 Å². The van der Waals surface area contributed by atoms with Crippen LogP contribution in [0.2, 0.25) is 0 Å². The van der Waals surface area contributed by atoms with E-state index in [0.29, 0.717) is 0 Å². The van der Waals surface area contributed by atoms with Crippen LogP contribution < -0.4 is 0 Å². The number of hydrogen-bond acceptors (Lipinski definition) is 6. The Bertz CT molecular complexity index is 551. The maximum atomic E-state index is 11.4. The van der Waals surface area contributed by atoms with Crippen molar-refractivity contribution in [3.8, 4) is 0 Å². The topological polar surface area (TPSA) is 101 Å². The molecule has 0 saturated heterocycles. The summed E-state index contributed by atoms with van der Waals surface area (Å²) in [6.45, 7) is 1.65. The smallest absolute Gasteiger partial charge is 0.338 e. The Morgan fingerprint density at radius 2 is 2.00 bits per heavy atom. The van der Waals surface area contributed by atoms with Crippen LogP contribution in [0.3, 0.4) is 0 Å². The molecule has 0 aromatic heterocycles. The minimum atomic E-state index is -3.42. The number of ether oxygens (including phenoxy) is 1. The third kappa shape index (κ3) is 4.02. The van der Waals surface area contributed by atoms with Crippen LogP contribution in [-0.2, 0) is 19.4 Å². The molecule has 0 aliphatic rings. The van der Waals surface area contributed by atoms with Crippen LogP contribution in [0.15, 0.2) is 29.2 Å².